The fraction of sp³-hybridized carbons (Fsp3) is 0.222. The summed E-state index contributed by atoms with van der Waals surface area (Å²) in [6.45, 7) is 3.07. The Morgan fingerprint density at radius 3 is 2.67 bits per heavy atom. The predicted molar refractivity (Wildman–Crippen MR) is 104 cm³/mol. The summed E-state index contributed by atoms with van der Waals surface area (Å²) in [6.07, 6.45) is 0. The van der Waals surface area contributed by atoms with Crippen molar-refractivity contribution < 1.29 is 13.2 Å². The molecule has 0 atom stereocenters. The van der Waals surface area contributed by atoms with Crippen LogP contribution >= 0.6 is 0 Å². The van der Waals surface area contributed by atoms with E-state index in [4.69, 9.17) is 5.14 Å². The summed E-state index contributed by atoms with van der Waals surface area (Å²) >= 11 is 0. The van der Waals surface area contributed by atoms with Crippen molar-refractivity contribution in [1.82, 2.24) is 14.5 Å². The zero-order valence-electron chi connectivity index (χ0n) is 15.1. The lowest BCUT2D eigenvalue weighted by atomic mass is 10.3. The molecule has 0 spiro atoms. The van der Waals surface area contributed by atoms with E-state index in [1.807, 2.05) is 31.2 Å². The number of amides is 2. The highest BCUT2D eigenvalue weighted by Crippen LogP contribution is 2.18. The average molecular weight is 387 g/mol. The van der Waals surface area contributed by atoms with E-state index in [1.54, 1.807) is 13.1 Å². The highest BCUT2D eigenvalue weighted by Gasteiger charge is 2.16. The molecule has 0 saturated heterocycles. The number of rotatable bonds is 5. The fourth-order valence-electron chi connectivity index (χ4n) is 2.85. The van der Waals surface area contributed by atoms with Crippen molar-refractivity contribution in [2.24, 2.45) is 5.14 Å². The summed E-state index contributed by atoms with van der Waals surface area (Å²) in [7, 11) is -2.18. The normalized spacial score (nSPS) is 11.5. The standard InChI is InChI=1S/C18H21N5O3S/c1-3-23-16-10-5-4-9-15(16)21-17(23)12-22(2)18(24)20-13-7-6-8-14(11-13)27(19,25)26/h4-11H,3,12H2,1-2H3,(H,20,24)(H2,19,25,26). The van der Waals surface area contributed by atoms with Crippen molar-refractivity contribution in [3.8, 4) is 0 Å². The Morgan fingerprint density at radius 1 is 1.22 bits per heavy atom. The highest BCUT2D eigenvalue weighted by atomic mass is 32.2. The summed E-state index contributed by atoms with van der Waals surface area (Å²) in [6, 6.07) is 13.2. The molecule has 0 aliphatic rings. The molecule has 3 N–H and O–H groups in total. The van der Waals surface area contributed by atoms with Gasteiger partial charge in [-0.05, 0) is 37.3 Å². The Labute approximate surface area is 157 Å². The maximum atomic E-state index is 12.5. The summed E-state index contributed by atoms with van der Waals surface area (Å²) < 4.78 is 24.9. The third-order valence-electron chi connectivity index (χ3n) is 4.19. The second-order valence-electron chi connectivity index (χ2n) is 6.12. The van der Waals surface area contributed by atoms with Crippen LogP contribution in [0.25, 0.3) is 11.0 Å². The highest BCUT2D eigenvalue weighted by molar-refractivity contribution is 7.89. The van der Waals surface area contributed by atoms with Crippen molar-refractivity contribution in [3.63, 3.8) is 0 Å². The zero-order valence-corrected chi connectivity index (χ0v) is 15.9. The van der Waals surface area contributed by atoms with Crippen LogP contribution in [0.15, 0.2) is 53.4 Å². The van der Waals surface area contributed by atoms with Gasteiger partial charge in [-0.25, -0.2) is 23.3 Å². The molecule has 0 fully saturated rings. The predicted octanol–water partition coefficient (Wildman–Crippen LogP) is 2.37. The molecule has 3 rings (SSSR count). The Kier molecular flexibility index (Phi) is 5.15. The van der Waals surface area contributed by atoms with Gasteiger partial charge in [0.25, 0.3) is 0 Å². The first-order valence-corrected chi connectivity index (χ1v) is 9.93. The number of carbonyl (C=O) groups excluding carboxylic acids is 1. The first-order valence-electron chi connectivity index (χ1n) is 8.38. The molecule has 0 radical (unpaired) electrons. The number of carbonyl (C=O) groups is 1. The lowest BCUT2D eigenvalue weighted by molar-refractivity contribution is 0.219. The quantitative estimate of drug-likeness (QED) is 0.700. The van der Waals surface area contributed by atoms with Crippen molar-refractivity contribution in [2.45, 2.75) is 24.9 Å². The smallest absolute Gasteiger partial charge is 0.321 e. The molecule has 9 heteroatoms. The van der Waals surface area contributed by atoms with E-state index in [9.17, 15) is 13.2 Å². The molecular formula is C18H21N5O3S. The van der Waals surface area contributed by atoms with Gasteiger partial charge >= 0.3 is 6.03 Å². The lowest BCUT2D eigenvalue weighted by Gasteiger charge is -2.18. The number of nitrogens with two attached hydrogens (primary N) is 1. The molecule has 1 heterocycles. The van der Waals surface area contributed by atoms with Crippen molar-refractivity contribution in [2.75, 3.05) is 12.4 Å². The number of para-hydroxylation sites is 2. The number of hydrogen-bond acceptors (Lipinski definition) is 4. The molecule has 0 bridgehead atoms. The van der Waals surface area contributed by atoms with Crippen LogP contribution < -0.4 is 10.5 Å². The van der Waals surface area contributed by atoms with Crippen LogP contribution in [-0.4, -0.2) is 35.9 Å². The summed E-state index contributed by atoms with van der Waals surface area (Å²) in [5, 5.41) is 7.80. The minimum absolute atomic E-state index is 0.0595. The van der Waals surface area contributed by atoms with E-state index >= 15 is 0 Å². The Balaban J connectivity index is 1.77. The van der Waals surface area contributed by atoms with Gasteiger partial charge in [0.1, 0.15) is 5.82 Å². The number of imidazole rings is 1. The van der Waals surface area contributed by atoms with Gasteiger partial charge in [-0.1, -0.05) is 18.2 Å². The van der Waals surface area contributed by atoms with E-state index in [1.165, 1.54) is 23.1 Å². The molecular weight excluding hydrogens is 366 g/mol. The second-order valence-corrected chi connectivity index (χ2v) is 7.68. The maximum absolute atomic E-state index is 12.5. The summed E-state index contributed by atoms with van der Waals surface area (Å²) in [5.74, 6) is 0.773. The number of hydrogen-bond donors (Lipinski definition) is 2. The van der Waals surface area contributed by atoms with Crippen molar-refractivity contribution >= 4 is 32.8 Å². The molecule has 0 aliphatic heterocycles. The van der Waals surface area contributed by atoms with Crippen LogP contribution in [0.3, 0.4) is 0 Å². The minimum Gasteiger partial charge on any atom is -0.327 e. The van der Waals surface area contributed by atoms with Gasteiger partial charge in [-0.3, -0.25) is 0 Å². The molecule has 27 heavy (non-hydrogen) atoms. The largest absolute Gasteiger partial charge is 0.327 e. The van der Waals surface area contributed by atoms with E-state index in [2.05, 4.69) is 14.9 Å². The fourth-order valence-corrected chi connectivity index (χ4v) is 3.41. The van der Waals surface area contributed by atoms with Gasteiger partial charge in [0.2, 0.25) is 10.0 Å². The third kappa shape index (κ3) is 4.09. The second kappa shape index (κ2) is 7.37. The number of aryl methyl sites for hydroxylation is 1. The maximum Gasteiger partial charge on any atom is 0.321 e. The Bertz CT molecular complexity index is 1090. The Morgan fingerprint density at radius 2 is 1.96 bits per heavy atom. The summed E-state index contributed by atoms with van der Waals surface area (Å²) in [5.41, 5.74) is 2.25. The van der Waals surface area contributed by atoms with E-state index < -0.39 is 10.0 Å². The first kappa shape index (κ1) is 18.9. The topological polar surface area (TPSA) is 110 Å². The number of fused-ring (bicyclic) bond motifs is 1. The van der Waals surface area contributed by atoms with Gasteiger partial charge in [0.15, 0.2) is 0 Å². The van der Waals surface area contributed by atoms with Crippen molar-refractivity contribution in [3.05, 3.63) is 54.4 Å². The monoisotopic (exact) mass is 387 g/mol. The molecule has 3 aromatic rings. The van der Waals surface area contributed by atoms with Crippen LogP contribution in [0, 0.1) is 0 Å². The summed E-state index contributed by atoms with van der Waals surface area (Å²) in [4.78, 5) is 18.5. The van der Waals surface area contributed by atoms with Crippen LogP contribution in [0.2, 0.25) is 0 Å². The number of benzene rings is 2. The van der Waals surface area contributed by atoms with Gasteiger partial charge in [-0.2, -0.15) is 0 Å². The number of nitrogens with zero attached hydrogens (tertiary/aromatic N) is 3. The lowest BCUT2D eigenvalue weighted by Crippen LogP contribution is -2.32. The van der Waals surface area contributed by atoms with E-state index in [0.29, 0.717) is 12.2 Å². The van der Waals surface area contributed by atoms with E-state index in [-0.39, 0.29) is 10.9 Å². The molecule has 142 valence electrons. The minimum atomic E-state index is -3.83. The number of primary sulfonamides is 1. The number of anilines is 1. The number of aromatic nitrogens is 2. The SMILES string of the molecule is CCn1c(CN(C)C(=O)Nc2cccc(S(N)(=O)=O)c2)nc2ccccc21. The molecule has 0 saturated carbocycles. The van der Waals surface area contributed by atoms with Crippen LogP contribution in [-0.2, 0) is 23.1 Å². The average Bonchev–Trinajstić information content (AvgIpc) is 2.98. The van der Waals surface area contributed by atoms with Crippen molar-refractivity contribution in [1.29, 1.82) is 0 Å². The van der Waals surface area contributed by atoms with Gasteiger partial charge in [0.05, 0.1) is 22.5 Å². The number of sulfonamides is 1. The number of nitrogens with one attached hydrogen (secondary N) is 1. The van der Waals surface area contributed by atoms with Gasteiger partial charge in [-0.15, -0.1) is 0 Å². The Hall–Kier alpha value is -2.91. The van der Waals surface area contributed by atoms with E-state index in [0.717, 1.165) is 23.4 Å². The van der Waals surface area contributed by atoms with Crippen LogP contribution in [0.5, 0.6) is 0 Å². The zero-order chi connectivity index (χ0) is 19.6. The third-order valence-corrected chi connectivity index (χ3v) is 5.10. The number of urea groups is 1. The molecule has 1 aromatic heterocycles. The molecule has 2 aromatic carbocycles. The van der Waals surface area contributed by atoms with Gasteiger partial charge in [0, 0.05) is 19.3 Å². The van der Waals surface area contributed by atoms with Gasteiger partial charge < -0.3 is 14.8 Å². The first-order chi connectivity index (χ1) is 12.8. The molecule has 8 nitrogen and oxygen atoms in total. The van der Waals surface area contributed by atoms with Crippen LogP contribution in [0.1, 0.15) is 12.7 Å². The molecule has 0 unspecified atom stereocenters. The molecule has 2 amide bonds. The van der Waals surface area contributed by atoms with Crippen LogP contribution in [0.4, 0.5) is 10.5 Å². The molecule has 0 aliphatic carbocycles.